The average molecular weight is 309 g/mol. The van der Waals surface area contributed by atoms with Gasteiger partial charge in [-0.05, 0) is 31.7 Å². The number of hydrogen-bond donors (Lipinski definition) is 2. The van der Waals surface area contributed by atoms with Crippen molar-refractivity contribution in [2.45, 2.75) is 6.92 Å². The molecule has 6 nitrogen and oxygen atoms in total. The first kappa shape index (κ1) is 15.7. The molecule has 1 amide bonds. The molecule has 1 aromatic heterocycles. The van der Waals surface area contributed by atoms with Crippen LogP contribution in [0.2, 0.25) is 0 Å². The lowest BCUT2D eigenvalue weighted by molar-refractivity contribution is -0.131. The molecule has 1 saturated heterocycles. The predicted molar refractivity (Wildman–Crippen MR) is 82.3 cm³/mol. The lowest BCUT2D eigenvalue weighted by Crippen LogP contribution is -2.52. The number of aryl methyl sites for hydroxylation is 1. The van der Waals surface area contributed by atoms with Crippen molar-refractivity contribution in [3.8, 4) is 0 Å². The first-order valence-electron chi connectivity index (χ1n) is 6.71. The number of amides is 1. The highest BCUT2D eigenvalue weighted by Gasteiger charge is 2.18. The minimum Gasteiger partial charge on any atom is -0.478 e. The number of carboxylic acids is 1. The highest BCUT2D eigenvalue weighted by atomic mass is 32.1. The third kappa shape index (κ3) is 4.38. The van der Waals surface area contributed by atoms with Crippen molar-refractivity contribution in [3.05, 3.63) is 27.5 Å². The SMILES string of the molecule is Cc1cc(C(=O)NN2CCN(C)CC2)sc1/C=C/C(=O)O. The summed E-state index contributed by atoms with van der Waals surface area (Å²) in [7, 11) is 2.06. The fourth-order valence-electron chi connectivity index (χ4n) is 2.04. The molecule has 0 radical (unpaired) electrons. The van der Waals surface area contributed by atoms with E-state index >= 15 is 0 Å². The number of nitrogens with one attached hydrogen (secondary N) is 1. The van der Waals surface area contributed by atoms with Crippen LogP contribution in [0, 0.1) is 6.92 Å². The van der Waals surface area contributed by atoms with Crippen LogP contribution in [0.4, 0.5) is 0 Å². The van der Waals surface area contributed by atoms with Crippen LogP contribution in [-0.4, -0.2) is 60.1 Å². The fraction of sp³-hybridized carbons (Fsp3) is 0.429. The van der Waals surface area contributed by atoms with Gasteiger partial charge < -0.3 is 10.0 Å². The minimum atomic E-state index is -0.994. The van der Waals surface area contributed by atoms with Gasteiger partial charge in [-0.25, -0.2) is 9.80 Å². The van der Waals surface area contributed by atoms with Crippen LogP contribution < -0.4 is 5.43 Å². The Hall–Kier alpha value is -1.70. The maximum atomic E-state index is 12.2. The van der Waals surface area contributed by atoms with Gasteiger partial charge in [0.15, 0.2) is 0 Å². The van der Waals surface area contributed by atoms with Crippen LogP contribution in [0.15, 0.2) is 12.1 Å². The molecule has 0 aromatic carbocycles. The number of nitrogens with zero attached hydrogens (tertiary/aromatic N) is 2. The van der Waals surface area contributed by atoms with Crippen molar-refractivity contribution < 1.29 is 14.7 Å². The van der Waals surface area contributed by atoms with Crippen LogP contribution in [0.5, 0.6) is 0 Å². The molecule has 2 rings (SSSR count). The molecule has 0 unspecified atom stereocenters. The molecule has 2 N–H and O–H groups in total. The van der Waals surface area contributed by atoms with E-state index in [1.165, 1.54) is 17.4 Å². The molecule has 0 atom stereocenters. The van der Waals surface area contributed by atoms with Crippen molar-refractivity contribution >= 4 is 29.3 Å². The zero-order valence-corrected chi connectivity index (χ0v) is 12.9. The predicted octanol–water partition coefficient (Wildman–Crippen LogP) is 1.05. The summed E-state index contributed by atoms with van der Waals surface area (Å²) in [5, 5.41) is 10.6. The van der Waals surface area contributed by atoms with Gasteiger partial charge in [0.25, 0.3) is 5.91 Å². The topological polar surface area (TPSA) is 72.9 Å². The van der Waals surface area contributed by atoms with Gasteiger partial charge in [-0.2, -0.15) is 0 Å². The van der Waals surface area contributed by atoms with Crippen molar-refractivity contribution in [2.24, 2.45) is 0 Å². The quantitative estimate of drug-likeness (QED) is 0.813. The van der Waals surface area contributed by atoms with Crippen LogP contribution in [0.1, 0.15) is 20.1 Å². The Morgan fingerprint density at radius 2 is 2.00 bits per heavy atom. The summed E-state index contributed by atoms with van der Waals surface area (Å²) >= 11 is 1.30. The summed E-state index contributed by atoms with van der Waals surface area (Å²) in [6.45, 7) is 5.33. The Morgan fingerprint density at radius 3 is 2.62 bits per heavy atom. The lowest BCUT2D eigenvalue weighted by atomic mass is 10.2. The molecule has 0 spiro atoms. The van der Waals surface area contributed by atoms with E-state index in [-0.39, 0.29) is 5.91 Å². The molecule has 0 bridgehead atoms. The van der Waals surface area contributed by atoms with Crippen LogP contribution in [0.25, 0.3) is 6.08 Å². The Balaban J connectivity index is 1.99. The third-order valence-electron chi connectivity index (χ3n) is 3.32. The van der Waals surface area contributed by atoms with E-state index in [0.29, 0.717) is 4.88 Å². The molecule has 0 saturated carbocycles. The Morgan fingerprint density at radius 1 is 1.33 bits per heavy atom. The van der Waals surface area contributed by atoms with Crippen molar-refractivity contribution in [1.29, 1.82) is 0 Å². The van der Waals surface area contributed by atoms with Gasteiger partial charge in [-0.3, -0.25) is 10.2 Å². The largest absolute Gasteiger partial charge is 0.478 e. The molecule has 21 heavy (non-hydrogen) atoms. The zero-order chi connectivity index (χ0) is 15.4. The van der Waals surface area contributed by atoms with Gasteiger partial charge >= 0.3 is 5.97 Å². The first-order valence-corrected chi connectivity index (χ1v) is 7.53. The first-order chi connectivity index (χ1) is 9.95. The highest BCUT2D eigenvalue weighted by molar-refractivity contribution is 7.15. The number of likely N-dealkylation sites (N-methyl/N-ethyl adjacent to an activating group) is 1. The zero-order valence-electron chi connectivity index (χ0n) is 12.1. The molecule has 1 fully saturated rings. The number of piperazine rings is 1. The molecular formula is C14H19N3O3S. The Bertz CT molecular complexity index is 560. The number of rotatable bonds is 4. The minimum absolute atomic E-state index is 0.136. The molecule has 1 aliphatic heterocycles. The fourth-order valence-corrected chi connectivity index (χ4v) is 3.00. The molecule has 114 valence electrons. The second kappa shape index (κ2) is 6.84. The van der Waals surface area contributed by atoms with Crippen molar-refractivity contribution in [3.63, 3.8) is 0 Å². The monoisotopic (exact) mass is 309 g/mol. The summed E-state index contributed by atoms with van der Waals surface area (Å²) in [5.41, 5.74) is 3.80. The van der Waals surface area contributed by atoms with Gasteiger partial charge in [0.1, 0.15) is 0 Å². The average Bonchev–Trinajstić information content (AvgIpc) is 2.80. The summed E-state index contributed by atoms with van der Waals surface area (Å²) in [5.74, 6) is -1.13. The van der Waals surface area contributed by atoms with Gasteiger partial charge in [-0.15, -0.1) is 11.3 Å². The Kier molecular flexibility index (Phi) is 5.11. The number of hydrazine groups is 1. The van der Waals surface area contributed by atoms with Crippen LogP contribution >= 0.6 is 11.3 Å². The number of aliphatic carboxylic acids is 1. The van der Waals surface area contributed by atoms with Crippen LogP contribution in [-0.2, 0) is 4.79 Å². The number of carboxylic acid groups (broad SMARTS) is 1. The van der Waals surface area contributed by atoms with E-state index in [2.05, 4.69) is 17.4 Å². The maximum Gasteiger partial charge on any atom is 0.328 e. The van der Waals surface area contributed by atoms with E-state index in [1.807, 2.05) is 11.9 Å². The summed E-state index contributed by atoms with van der Waals surface area (Å²) in [6.07, 6.45) is 2.61. The van der Waals surface area contributed by atoms with Crippen molar-refractivity contribution in [1.82, 2.24) is 15.3 Å². The van der Waals surface area contributed by atoms with E-state index in [0.717, 1.165) is 42.7 Å². The summed E-state index contributed by atoms with van der Waals surface area (Å²) in [4.78, 5) is 26.3. The van der Waals surface area contributed by atoms with Crippen LogP contribution in [0.3, 0.4) is 0 Å². The molecule has 0 aliphatic carbocycles. The lowest BCUT2D eigenvalue weighted by Gasteiger charge is -2.32. The Labute approximate surface area is 127 Å². The second-order valence-electron chi connectivity index (χ2n) is 5.06. The molecule has 1 aliphatic rings. The van der Waals surface area contributed by atoms with E-state index in [9.17, 15) is 9.59 Å². The van der Waals surface area contributed by atoms with E-state index < -0.39 is 5.97 Å². The number of carbonyl (C=O) groups excluding carboxylic acids is 1. The van der Waals surface area contributed by atoms with Crippen molar-refractivity contribution in [2.75, 3.05) is 33.2 Å². The number of carbonyl (C=O) groups is 2. The molecule has 7 heteroatoms. The van der Waals surface area contributed by atoms with Gasteiger partial charge in [0.05, 0.1) is 4.88 Å². The molecule has 2 heterocycles. The third-order valence-corrected chi connectivity index (χ3v) is 4.52. The molecule has 1 aromatic rings. The second-order valence-corrected chi connectivity index (χ2v) is 6.14. The van der Waals surface area contributed by atoms with Gasteiger partial charge in [0, 0.05) is 37.1 Å². The number of hydrogen-bond acceptors (Lipinski definition) is 5. The number of thiophene rings is 1. The highest BCUT2D eigenvalue weighted by Crippen LogP contribution is 2.23. The van der Waals surface area contributed by atoms with Gasteiger partial charge in [-0.1, -0.05) is 0 Å². The maximum absolute atomic E-state index is 12.2. The van der Waals surface area contributed by atoms with E-state index in [1.54, 1.807) is 6.07 Å². The molecular weight excluding hydrogens is 290 g/mol. The summed E-state index contributed by atoms with van der Waals surface area (Å²) in [6, 6.07) is 1.79. The summed E-state index contributed by atoms with van der Waals surface area (Å²) < 4.78 is 0. The standard InChI is InChI=1S/C14H19N3O3S/c1-10-9-12(21-11(10)3-4-13(18)19)14(20)15-17-7-5-16(2)6-8-17/h3-4,9H,5-8H2,1-2H3,(H,15,20)(H,18,19)/b4-3+. The van der Waals surface area contributed by atoms with E-state index in [4.69, 9.17) is 5.11 Å². The smallest absolute Gasteiger partial charge is 0.328 e. The normalized spacial score (nSPS) is 17.2. The van der Waals surface area contributed by atoms with Gasteiger partial charge in [0.2, 0.25) is 0 Å².